The van der Waals surface area contributed by atoms with Crippen LogP contribution in [-0.4, -0.2) is 73.7 Å². The molecular weight excluding hydrogens is 355 g/mol. The van der Waals surface area contributed by atoms with Crippen molar-refractivity contribution >= 4 is 35.0 Å². The maximum atomic E-state index is 12.5. The lowest BCUT2D eigenvalue weighted by molar-refractivity contribution is -0.159. The molecule has 0 spiro atoms. The van der Waals surface area contributed by atoms with Gasteiger partial charge in [0, 0.05) is 41.8 Å². The van der Waals surface area contributed by atoms with Crippen molar-refractivity contribution in [2.24, 2.45) is 0 Å². The van der Waals surface area contributed by atoms with E-state index in [-0.39, 0.29) is 11.8 Å². The van der Waals surface area contributed by atoms with E-state index < -0.39 is 6.10 Å². The van der Waals surface area contributed by atoms with Crippen LogP contribution in [0.5, 0.6) is 0 Å². The zero-order chi connectivity index (χ0) is 17.1. The van der Waals surface area contributed by atoms with E-state index >= 15 is 0 Å². The molecule has 0 N–H and O–H groups in total. The van der Waals surface area contributed by atoms with Crippen molar-refractivity contribution < 1.29 is 19.1 Å². The number of amides is 2. The Bertz CT molecular complexity index is 606. The van der Waals surface area contributed by atoms with Gasteiger partial charge >= 0.3 is 0 Å². The molecule has 0 saturated carbocycles. The Kier molecular flexibility index (Phi) is 5.61. The molecule has 1 aromatic rings. The highest BCUT2D eigenvalue weighted by atomic mass is 35.5. The highest BCUT2D eigenvalue weighted by Crippen LogP contribution is 2.21. The Morgan fingerprint density at radius 1 is 0.958 bits per heavy atom. The minimum Gasteiger partial charge on any atom is -0.376 e. The van der Waals surface area contributed by atoms with Gasteiger partial charge < -0.3 is 19.3 Å². The molecule has 1 atom stereocenters. The summed E-state index contributed by atoms with van der Waals surface area (Å²) in [5.41, 5.74) is 0.455. The Labute approximate surface area is 150 Å². The van der Waals surface area contributed by atoms with Crippen LogP contribution >= 0.6 is 23.2 Å². The molecule has 0 aliphatic carbocycles. The Balaban J connectivity index is 1.58. The molecule has 0 unspecified atom stereocenters. The van der Waals surface area contributed by atoms with Gasteiger partial charge in [-0.2, -0.15) is 0 Å². The van der Waals surface area contributed by atoms with Crippen molar-refractivity contribution in [3.8, 4) is 0 Å². The first kappa shape index (κ1) is 17.5. The van der Waals surface area contributed by atoms with Crippen LogP contribution in [0.2, 0.25) is 10.0 Å². The molecule has 1 aromatic carbocycles. The van der Waals surface area contributed by atoms with E-state index in [1.807, 2.05) is 0 Å². The molecule has 8 heteroatoms. The van der Waals surface area contributed by atoms with E-state index in [2.05, 4.69) is 0 Å². The second-order valence-corrected chi connectivity index (χ2v) is 6.58. The van der Waals surface area contributed by atoms with Gasteiger partial charge in [-0.15, -0.1) is 0 Å². The van der Waals surface area contributed by atoms with Crippen molar-refractivity contribution in [1.29, 1.82) is 0 Å². The normalized spacial score (nSPS) is 21.7. The maximum absolute atomic E-state index is 12.5. The molecule has 6 nitrogen and oxygen atoms in total. The van der Waals surface area contributed by atoms with Gasteiger partial charge in [-0.3, -0.25) is 9.59 Å². The highest BCUT2D eigenvalue weighted by molar-refractivity contribution is 6.35. The molecule has 2 aliphatic rings. The molecule has 24 heavy (non-hydrogen) atoms. The van der Waals surface area contributed by atoms with E-state index in [0.717, 1.165) is 0 Å². The van der Waals surface area contributed by atoms with E-state index in [4.69, 9.17) is 32.7 Å². The van der Waals surface area contributed by atoms with Crippen LogP contribution in [0.1, 0.15) is 10.4 Å². The zero-order valence-electron chi connectivity index (χ0n) is 13.0. The van der Waals surface area contributed by atoms with Gasteiger partial charge in [-0.25, -0.2) is 0 Å². The number of carbonyl (C=O) groups is 2. The van der Waals surface area contributed by atoms with Crippen LogP contribution in [0.4, 0.5) is 0 Å². The number of piperazine rings is 1. The van der Waals surface area contributed by atoms with Gasteiger partial charge in [0.1, 0.15) is 0 Å². The second kappa shape index (κ2) is 7.70. The summed E-state index contributed by atoms with van der Waals surface area (Å²) in [6, 6.07) is 4.78. The first-order chi connectivity index (χ1) is 11.5. The fourth-order valence-electron chi connectivity index (χ4n) is 2.82. The number of ether oxygens (including phenoxy) is 2. The lowest BCUT2D eigenvalue weighted by Gasteiger charge is -2.37. The smallest absolute Gasteiger partial charge is 0.254 e. The van der Waals surface area contributed by atoms with Crippen molar-refractivity contribution in [2.75, 3.05) is 46.0 Å². The molecule has 3 rings (SSSR count). The van der Waals surface area contributed by atoms with Gasteiger partial charge in [0.05, 0.1) is 19.8 Å². The SMILES string of the molecule is O=C(c1cc(Cl)cc(Cl)c1)N1CCN(C(=O)[C@H]2COCCO2)CC1. The van der Waals surface area contributed by atoms with Crippen molar-refractivity contribution in [3.63, 3.8) is 0 Å². The maximum Gasteiger partial charge on any atom is 0.254 e. The van der Waals surface area contributed by atoms with Gasteiger partial charge in [-0.05, 0) is 18.2 Å². The summed E-state index contributed by atoms with van der Waals surface area (Å²) in [7, 11) is 0. The highest BCUT2D eigenvalue weighted by Gasteiger charge is 2.31. The molecule has 0 aromatic heterocycles. The second-order valence-electron chi connectivity index (χ2n) is 5.71. The molecule has 0 radical (unpaired) electrons. The van der Waals surface area contributed by atoms with Crippen LogP contribution in [0.3, 0.4) is 0 Å². The first-order valence-electron chi connectivity index (χ1n) is 7.78. The van der Waals surface area contributed by atoms with E-state index in [1.54, 1.807) is 28.0 Å². The van der Waals surface area contributed by atoms with Crippen molar-refractivity contribution in [1.82, 2.24) is 9.80 Å². The Morgan fingerprint density at radius 2 is 1.58 bits per heavy atom. The van der Waals surface area contributed by atoms with Gasteiger partial charge in [-0.1, -0.05) is 23.2 Å². The van der Waals surface area contributed by atoms with Gasteiger partial charge in [0.2, 0.25) is 0 Å². The monoisotopic (exact) mass is 372 g/mol. The van der Waals surface area contributed by atoms with E-state index in [0.29, 0.717) is 61.6 Å². The Hall–Kier alpha value is -1.34. The summed E-state index contributed by atoms with van der Waals surface area (Å²) in [6.45, 7) is 3.11. The average Bonchev–Trinajstić information content (AvgIpc) is 2.60. The predicted octanol–water partition coefficient (Wildman–Crippen LogP) is 1.69. The minimum absolute atomic E-state index is 0.0763. The summed E-state index contributed by atoms with van der Waals surface area (Å²) in [6.07, 6.45) is -0.535. The standard InChI is InChI=1S/C16H18Cl2N2O4/c17-12-7-11(8-13(18)9-12)15(21)19-1-3-20(4-2-19)16(22)14-10-23-5-6-24-14/h7-9,14H,1-6,10H2/t14-/m1/s1. The number of rotatable bonds is 2. The molecule has 2 fully saturated rings. The van der Waals surface area contributed by atoms with Crippen LogP contribution in [0, 0.1) is 0 Å². The third-order valence-electron chi connectivity index (χ3n) is 4.08. The van der Waals surface area contributed by atoms with Crippen molar-refractivity contribution in [2.45, 2.75) is 6.10 Å². The minimum atomic E-state index is -0.535. The quantitative estimate of drug-likeness (QED) is 0.792. The van der Waals surface area contributed by atoms with Crippen LogP contribution in [0.25, 0.3) is 0 Å². The predicted molar refractivity (Wildman–Crippen MR) is 89.5 cm³/mol. The third kappa shape index (κ3) is 4.00. The van der Waals surface area contributed by atoms with Gasteiger partial charge in [0.25, 0.3) is 11.8 Å². The van der Waals surface area contributed by atoms with Crippen LogP contribution in [-0.2, 0) is 14.3 Å². The molecule has 2 saturated heterocycles. The third-order valence-corrected chi connectivity index (χ3v) is 4.52. The molecular formula is C16H18Cl2N2O4. The van der Waals surface area contributed by atoms with E-state index in [1.165, 1.54) is 0 Å². The summed E-state index contributed by atoms with van der Waals surface area (Å²) in [4.78, 5) is 28.3. The summed E-state index contributed by atoms with van der Waals surface area (Å²) in [5, 5.41) is 0.850. The molecule has 2 amide bonds. The van der Waals surface area contributed by atoms with E-state index in [9.17, 15) is 9.59 Å². The summed E-state index contributed by atoms with van der Waals surface area (Å²) >= 11 is 11.9. The molecule has 2 aliphatic heterocycles. The summed E-state index contributed by atoms with van der Waals surface area (Å²) < 4.78 is 10.7. The number of hydrogen-bond acceptors (Lipinski definition) is 4. The number of hydrogen-bond donors (Lipinski definition) is 0. The number of benzene rings is 1. The van der Waals surface area contributed by atoms with Crippen molar-refractivity contribution in [3.05, 3.63) is 33.8 Å². The molecule has 2 heterocycles. The topological polar surface area (TPSA) is 59.1 Å². The zero-order valence-corrected chi connectivity index (χ0v) is 14.6. The average molecular weight is 373 g/mol. The number of nitrogens with zero attached hydrogens (tertiary/aromatic N) is 2. The largest absolute Gasteiger partial charge is 0.376 e. The molecule has 0 bridgehead atoms. The molecule has 130 valence electrons. The number of carbonyl (C=O) groups excluding carboxylic acids is 2. The lowest BCUT2D eigenvalue weighted by Crippen LogP contribution is -2.54. The first-order valence-corrected chi connectivity index (χ1v) is 8.53. The van der Waals surface area contributed by atoms with Crippen LogP contribution < -0.4 is 0 Å². The number of halogens is 2. The Morgan fingerprint density at radius 3 is 2.17 bits per heavy atom. The van der Waals surface area contributed by atoms with Gasteiger partial charge in [0.15, 0.2) is 6.10 Å². The lowest BCUT2D eigenvalue weighted by atomic mass is 10.1. The summed E-state index contributed by atoms with van der Waals surface area (Å²) in [5.74, 6) is -0.212. The fraction of sp³-hybridized carbons (Fsp3) is 0.500. The fourth-order valence-corrected chi connectivity index (χ4v) is 3.35. The van der Waals surface area contributed by atoms with Crippen LogP contribution in [0.15, 0.2) is 18.2 Å².